The van der Waals surface area contributed by atoms with Gasteiger partial charge in [-0.05, 0) is 103 Å². The second-order valence-electron chi connectivity index (χ2n) is 13.6. The van der Waals surface area contributed by atoms with Gasteiger partial charge in [0, 0.05) is 35.9 Å². The molecule has 2 aliphatic carbocycles. The van der Waals surface area contributed by atoms with Gasteiger partial charge in [0.2, 0.25) is 5.91 Å². The summed E-state index contributed by atoms with van der Waals surface area (Å²) >= 11 is 6.73. The zero-order valence-corrected chi connectivity index (χ0v) is 28.4. The van der Waals surface area contributed by atoms with Gasteiger partial charge < -0.3 is 35.6 Å². The largest absolute Gasteiger partial charge is 0.490 e. The number of ether oxygens (including phenoxy) is 1. The van der Waals surface area contributed by atoms with Crippen LogP contribution in [0.25, 0.3) is 11.1 Å². The predicted octanol–water partition coefficient (Wildman–Crippen LogP) is 4.82. The molecule has 0 spiro atoms. The number of aliphatic hydroxyl groups is 5. The molecule has 1 unspecified atom stereocenters. The molecule has 10 heteroatoms. The summed E-state index contributed by atoms with van der Waals surface area (Å²) in [4.78, 5) is 16.8. The van der Waals surface area contributed by atoms with Crippen molar-refractivity contribution < 1.29 is 35.1 Å². The fourth-order valence-corrected chi connectivity index (χ4v) is 6.59. The molecule has 2 saturated carbocycles. The summed E-state index contributed by atoms with van der Waals surface area (Å²) in [6.45, 7) is 1.15. The Morgan fingerprint density at radius 1 is 1.02 bits per heavy atom. The lowest BCUT2D eigenvalue weighted by molar-refractivity contribution is -0.126. The standard InChI is InChI=1S/C38H49ClN2O7/c1-24(6-2-5-9-35(45)41-22-32(43)36(46)37(47)33(44)23-42)25-10-13-31(39)26(20-25)14-16-38(17-18-38)30-21-40-19-15-28(30)29-7-3-4-8-34(29)48-27-11-12-27/h3-4,7-8,10,13,15,19-21,24,27,32-33,36-37,42-44,46-47H,2,5-6,9,11-12,14,16-18,22-23H2,1H3,(H,41,45)/t24?,32-,33+,36+,37+/m0/s1. The van der Waals surface area contributed by atoms with Crippen LogP contribution in [0, 0.1) is 0 Å². The van der Waals surface area contributed by atoms with Gasteiger partial charge in [0.05, 0.1) is 18.8 Å². The Labute approximate surface area is 288 Å². The van der Waals surface area contributed by atoms with Crippen molar-refractivity contribution in [3.63, 3.8) is 0 Å². The molecule has 0 aliphatic heterocycles. The van der Waals surface area contributed by atoms with Crippen LogP contribution < -0.4 is 10.1 Å². The zero-order chi connectivity index (χ0) is 34.3. The molecule has 6 N–H and O–H groups in total. The van der Waals surface area contributed by atoms with Crippen LogP contribution in [0.5, 0.6) is 5.75 Å². The van der Waals surface area contributed by atoms with Gasteiger partial charge in [0.1, 0.15) is 24.1 Å². The van der Waals surface area contributed by atoms with E-state index in [9.17, 15) is 25.2 Å². The minimum absolute atomic E-state index is 0.0659. The van der Waals surface area contributed by atoms with Gasteiger partial charge in [0.25, 0.3) is 0 Å². The Morgan fingerprint density at radius 2 is 1.77 bits per heavy atom. The summed E-state index contributed by atoms with van der Waals surface area (Å²) in [5.74, 6) is 0.952. The van der Waals surface area contributed by atoms with Crippen molar-refractivity contribution in [2.75, 3.05) is 13.2 Å². The van der Waals surface area contributed by atoms with E-state index in [0.717, 1.165) is 73.3 Å². The van der Waals surface area contributed by atoms with Crippen LogP contribution in [-0.2, 0) is 16.6 Å². The molecule has 2 aliphatic rings. The van der Waals surface area contributed by atoms with Gasteiger partial charge in [-0.2, -0.15) is 0 Å². The van der Waals surface area contributed by atoms with Crippen LogP contribution in [0.15, 0.2) is 60.9 Å². The number of aliphatic hydroxyl groups excluding tert-OH is 5. The van der Waals surface area contributed by atoms with Gasteiger partial charge in [-0.25, -0.2) is 0 Å². The number of halogens is 1. The van der Waals surface area contributed by atoms with E-state index in [1.54, 1.807) is 0 Å². The molecule has 5 atom stereocenters. The molecule has 2 aromatic carbocycles. The minimum atomic E-state index is -1.72. The number of nitrogens with zero attached hydrogens (tertiary/aromatic N) is 1. The molecule has 3 aromatic rings. The number of carbonyl (C=O) groups excluding carboxylic acids is 1. The van der Waals surface area contributed by atoms with Gasteiger partial charge in [-0.3, -0.25) is 9.78 Å². The maximum atomic E-state index is 12.3. The van der Waals surface area contributed by atoms with Crippen LogP contribution in [0.2, 0.25) is 5.02 Å². The number of para-hydroxylation sites is 1. The summed E-state index contributed by atoms with van der Waals surface area (Å²) in [5, 5.41) is 51.3. The smallest absolute Gasteiger partial charge is 0.220 e. The lowest BCUT2D eigenvalue weighted by Crippen LogP contribution is -2.49. The Balaban J connectivity index is 1.12. The molecule has 5 rings (SSSR count). The molecule has 0 bridgehead atoms. The van der Waals surface area contributed by atoms with E-state index in [1.165, 1.54) is 16.7 Å². The number of unbranched alkanes of at least 4 members (excludes halogenated alkanes) is 1. The van der Waals surface area contributed by atoms with E-state index >= 15 is 0 Å². The summed E-state index contributed by atoms with van der Waals surface area (Å²) in [6.07, 6.45) is 6.71. The lowest BCUT2D eigenvalue weighted by atomic mass is 9.84. The molecular formula is C38H49ClN2O7. The molecule has 1 heterocycles. The van der Waals surface area contributed by atoms with Crippen molar-refractivity contribution in [3.8, 4) is 16.9 Å². The van der Waals surface area contributed by atoms with Crippen molar-refractivity contribution >= 4 is 17.5 Å². The Hall–Kier alpha value is -3.05. The number of aryl methyl sites for hydroxylation is 1. The summed E-state index contributed by atoms with van der Waals surface area (Å²) in [6, 6.07) is 16.8. The van der Waals surface area contributed by atoms with Crippen molar-refractivity contribution in [1.29, 1.82) is 0 Å². The monoisotopic (exact) mass is 680 g/mol. The fourth-order valence-electron chi connectivity index (χ4n) is 6.37. The van der Waals surface area contributed by atoms with E-state index < -0.39 is 31.0 Å². The number of benzene rings is 2. The first kappa shape index (κ1) is 36.2. The number of nitrogens with one attached hydrogen (secondary N) is 1. The van der Waals surface area contributed by atoms with Gasteiger partial charge in [-0.1, -0.05) is 55.3 Å². The second kappa shape index (κ2) is 16.6. The maximum Gasteiger partial charge on any atom is 0.220 e. The molecule has 1 amide bonds. The number of hydrogen-bond donors (Lipinski definition) is 6. The molecule has 9 nitrogen and oxygen atoms in total. The molecule has 48 heavy (non-hydrogen) atoms. The third kappa shape index (κ3) is 9.34. The summed E-state index contributed by atoms with van der Waals surface area (Å²) < 4.78 is 6.27. The normalized spacial score (nSPS) is 18.4. The van der Waals surface area contributed by atoms with Crippen molar-refractivity contribution in [2.24, 2.45) is 0 Å². The Morgan fingerprint density at radius 3 is 2.50 bits per heavy atom. The van der Waals surface area contributed by atoms with Gasteiger partial charge >= 0.3 is 0 Å². The van der Waals surface area contributed by atoms with Crippen molar-refractivity contribution in [2.45, 2.75) is 113 Å². The topological polar surface area (TPSA) is 152 Å². The number of rotatable bonds is 19. The van der Waals surface area contributed by atoms with E-state index in [1.807, 2.05) is 24.5 Å². The highest BCUT2D eigenvalue weighted by molar-refractivity contribution is 6.31. The third-order valence-electron chi connectivity index (χ3n) is 9.88. The number of aromatic nitrogens is 1. The van der Waals surface area contributed by atoms with E-state index in [2.05, 4.69) is 53.6 Å². The Bertz CT molecular complexity index is 1510. The average Bonchev–Trinajstić information content (AvgIpc) is 4.05. The fraction of sp³-hybridized carbons (Fsp3) is 0.526. The summed E-state index contributed by atoms with van der Waals surface area (Å²) in [5.41, 5.74) is 6.04. The van der Waals surface area contributed by atoms with E-state index in [-0.39, 0.29) is 30.2 Å². The molecule has 0 saturated heterocycles. The molecule has 1 aromatic heterocycles. The second-order valence-corrected chi connectivity index (χ2v) is 14.0. The van der Waals surface area contributed by atoms with Crippen LogP contribution in [-0.4, -0.2) is 80.1 Å². The maximum absolute atomic E-state index is 12.3. The number of pyridine rings is 1. The zero-order valence-electron chi connectivity index (χ0n) is 27.6. The van der Waals surface area contributed by atoms with Crippen LogP contribution >= 0.6 is 11.6 Å². The third-order valence-corrected chi connectivity index (χ3v) is 10.2. The van der Waals surface area contributed by atoms with Crippen molar-refractivity contribution in [1.82, 2.24) is 10.3 Å². The Kier molecular flexibility index (Phi) is 12.5. The first-order valence-corrected chi connectivity index (χ1v) is 17.6. The molecular weight excluding hydrogens is 632 g/mol. The highest BCUT2D eigenvalue weighted by Gasteiger charge is 2.45. The first-order chi connectivity index (χ1) is 23.1. The van der Waals surface area contributed by atoms with Crippen LogP contribution in [0.4, 0.5) is 0 Å². The molecule has 2 fully saturated rings. The van der Waals surface area contributed by atoms with Crippen LogP contribution in [0.1, 0.15) is 87.3 Å². The highest BCUT2D eigenvalue weighted by Crippen LogP contribution is 2.55. The lowest BCUT2D eigenvalue weighted by Gasteiger charge is -2.25. The van der Waals surface area contributed by atoms with Crippen molar-refractivity contribution in [3.05, 3.63) is 82.6 Å². The SMILES string of the molecule is CC(CCCCC(=O)NC[C@H](O)[C@@H](O)[C@H](O)[C@H](O)CO)c1ccc(Cl)c(CCC2(c3cnccc3-c3ccccc3OC3CC3)CC2)c1. The van der Waals surface area contributed by atoms with Gasteiger partial charge in [0.15, 0.2) is 0 Å². The molecule has 260 valence electrons. The first-order valence-electron chi connectivity index (χ1n) is 17.2. The number of carbonyl (C=O) groups is 1. The van der Waals surface area contributed by atoms with E-state index in [0.29, 0.717) is 12.5 Å². The minimum Gasteiger partial charge on any atom is -0.490 e. The number of amides is 1. The van der Waals surface area contributed by atoms with E-state index in [4.69, 9.17) is 21.4 Å². The number of hydrogen-bond acceptors (Lipinski definition) is 8. The molecule has 0 radical (unpaired) electrons. The van der Waals surface area contributed by atoms with Gasteiger partial charge in [-0.15, -0.1) is 0 Å². The predicted molar refractivity (Wildman–Crippen MR) is 185 cm³/mol. The highest BCUT2D eigenvalue weighted by atomic mass is 35.5. The summed E-state index contributed by atoms with van der Waals surface area (Å²) in [7, 11) is 0. The average molecular weight is 681 g/mol. The quantitative estimate of drug-likeness (QED) is 0.0986. The van der Waals surface area contributed by atoms with Crippen LogP contribution in [0.3, 0.4) is 0 Å².